The Kier molecular flexibility index (Phi) is 6.19. The van der Waals surface area contributed by atoms with E-state index in [0.29, 0.717) is 18.8 Å². The molecule has 1 saturated heterocycles. The summed E-state index contributed by atoms with van der Waals surface area (Å²) in [5.41, 5.74) is 5.70. The van der Waals surface area contributed by atoms with E-state index >= 15 is 0 Å². The summed E-state index contributed by atoms with van der Waals surface area (Å²) in [4.78, 5) is 25.4. The molecule has 1 unspecified atom stereocenters. The third-order valence-electron chi connectivity index (χ3n) is 7.59. The number of hydrogen-bond acceptors (Lipinski definition) is 9. The van der Waals surface area contributed by atoms with Gasteiger partial charge in [0.2, 0.25) is 5.82 Å². The third-order valence-corrected chi connectivity index (χ3v) is 7.59. The standard InChI is InChI=1S/C25H34N6O5/c1-24(2,3)13-6-9-25(35,10-7-13)11-8-15-29-20(26)16-21(30-15)31(12-27-16)23-18(33)17(32)19(36-23)22(34)28-14-4-5-14/h12-14,17-19,23,32-33,35H,4-7,9-10H2,1-3H3,(H,28,34)(H2,26,29,30)/t13?,17-,18+,19+,23?,25?/m1/s1. The smallest absolute Gasteiger partial charge is 0.252 e. The summed E-state index contributed by atoms with van der Waals surface area (Å²) >= 11 is 0. The van der Waals surface area contributed by atoms with Gasteiger partial charge in [-0.3, -0.25) is 9.36 Å². The minimum atomic E-state index is -1.41. The average molecular weight is 499 g/mol. The maximum atomic E-state index is 12.5. The number of nitrogens with zero attached hydrogens (tertiary/aromatic N) is 4. The Hall–Kier alpha value is -2.78. The van der Waals surface area contributed by atoms with Crippen molar-refractivity contribution in [2.75, 3.05) is 5.73 Å². The van der Waals surface area contributed by atoms with Crippen molar-refractivity contribution in [3.63, 3.8) is 0 Å². The molecule has 3 aliphatic rings. The number of amides is 1. The van der Waals surface area contributed by atoms with Gasteiger partial charge < -0.3 is 31.1 Å². The average Bonchev–Trinajstić information content (AvgIpc) is 3.45. The molecule has 5 rings (SSSR count). The SMILES string of the molecule is CC(C)(C)C1CCC(O)(C#Cc2nc(N)c3ncn(C4O[C@H](C(=O)NC5CC5)[C@H](O)[C@@H]4O)c3n2)CC1. The summed E-state index contributed by atoms with van der Waals surface area (Å²) in [6.07, 6.45) is 0.934. The van der Waals surface area contributed by atoms with Crippen LogP contribution in [0.1, 0.15) is 71.3 Å². The summed E-state index contributed by atoms with van der Waals surface area (Å²) in [5, 5.41) is 34.9. The summed E-state index contributed by atoms with van der Waals surface area (Å²) in [5.74, 6) is 6.06. The van der Waals surface area contributed by atoms with Gasteiger partial charge in [0, 0.05) is 6.04 Å². The van der Waals surface area contributed by atoms with E-state index in [4.69, 9.17) is 10.5 Å². The van der Waals surface area contributed by atoms with Gasteiger partial charge in [-0.25, -0.2) is 15.0 Å². The number of carbonyl (C=O) groups excluding carboxylic acids is 1. The van der Waals surface area contributed by atoms with Crippen LogP contribution >= 0.6 is 0 Å². The number of nitrogens with two attached hydrogens (primary N) is 1. The first-order valence-electron chi connectivity index (χ1n) is 12.5. The van der Waals surface area contributed by atoms with Gasteiger partial charge in [0.25, 0.3) is 5.91 Å². The number of nitrogens with one attached hydrogen (secondary N) is 1. The van der Waals surface area contributed by atoms with Crippen molar-refractivity contribution in [2.45, 2.75) is 95.5 Å². The highest BCUT2D eigenvalue weighted by molar-refractivity contribution is 5.83. The van der Waals surface area contributed by atoms with Crippen LogP contribution < -0.4 is 11.1 Å². The quantitative estimate of drug-likeness (QED) is 0.381. The van der Waals surface area contributed by atoms with Crippen LogP contribution in [-0.2, 0) is 9.53 Å². The molecule has 2 aromatic rings. The van der Waals surface area contributed by atoms with Gasteiger partial charge in [0.15, 0.2) is 23.8 Å². The molecule has 2 aliphatic carbocycles. The number of fused-ring (bicyclic) bond motifs is 1. The predicted molar refractivity (Wildman–Crippen MR) is 130 cm³/mol. The third kappa shape index (κ3) is 4.78. The molecule has 1 amide bonds. The fraction of sp³-hybridized carbons (Fsp3) is 0.680. The van der Waals surface area contributed by atoms with Crippen molar-refractivity contribution in [2.24, 2.45) is 11.3 Å². The van der Waals surface area contributed by atoms with E-state index in [-0.39, 0.29) is 34.3 Å². The molecule has 4 atom stereocenters. The monoisotopic (exact) mass is 498 g/mol. The van der Waals surface area contributed by atoms with Gasteiger partial charge in [-0.05, 0) is 55.8 Å². The highest BCUT2D eigenvalue weighted by Crippen LogP contribution is 2.41. The van der Waals surface area contributed by atoms with Crippen LogP contribution in [0, 0.1) is 23.2 Å². The van der Waals surface area contributed by atoms with Gasteiger partial charge >= 0.3 is 0 Å². The highest BCUT2D eigenvalue weighted by Gasteiger charge is 2.48. The van der Waals surface area contributed by atoms with Gasteiger partial charge in [-0.15, -0.1) is 0 Å². The molecule has 36 heavy (non-hydrogen) atoms. The molecule has 11 nitrogen and oxygen atoms in total. The number of aliphatic hydroxyl groups excluding tert-OH is 2. The molecule has 3 heterocycles. The fourth-order valence-electron chi connectivity index (χ4n) is 5.06. The van der Waals surface area contributed by atoms with Crippen molar-refractivity contribution >= 4 is 22.9 Å². The Labute approximate surface area is 209 Å². The number of carbonyl (C=O) groups is 1. The lowest BCUT2D eigenvalue weighted by atomic mass is 9.68. The second-order valence-corrected chi connectivity index (χ2v) is 11.4. The molecule has 3 fully saturated rings. The van der Waals surface area contributed by atoms with Gasteiger partial charge in [-0.2, -0.15) is 0 Å². The molecule has 2 saturated carbocycles. The number of imidazole rings is 1. The van der Waals surface area contributed by atoms with E-state index in [0.717, 1.165) is 25.7 Å². The molecular formula is C25H34N6O5. The topological polar surface area (TPSA) is 169 Å². The Bertz CT molecular complexity index is 1220. The molecule has 11 heteroatoms. The minimum absolute atomic E-state index is 0.0857. The molecular weight excluding hydrogens is 464 g/mol. The molecule has 194 valence electrons. The predicted octanol–water partition coefficient (Wildman–Crippen LogP) is 0.625. The maximum Gasteiger partial charge on any atom is 0.252 e. The molecule has 2 aromatic heterocycles. The second-order valence-electron chi connectivity index (χ2n) is 11.4. The first-order valence-corrected chi connectivity index (χ1v) is 12.5. The normalized spacial score (nSPS) is 32.8. The Balaban J connectivity index is 1.38. The Morgan fingerprint density at radius 2 is 1.89 bits per heavy atom. The maximum absolute atomic E-state index is 12.5. The summed E-state index contributed by atoms with van der Waals surface area (Å²) in [6.45, 7) is 6.65. The Morgan fingerprint density at radius 3 is 2.53 bits per heavy atom. The van der Waals surface area contributed by atoms with Crippen LogP contribution in [-0.4, -0.2) is 70.7 Å². The van der Waals surface area contributed by atoms with E-state index in [1.54, 1.807) is 0 Å². The molecule has 0 aromatic carbocycles. The summed E-state index contributed by atoms with van der Waals surface area (Å²) in [6, 6.07) is 0.0885. The zero-order chi connectivity index (χ0) is 25.8. The number of aliphatic hydroxyl groups is 3. The van der Waals surface area contributed by atoms with Crippen molar-refractivity contribution in [3.05, 3.63) is 12.2 Å². The minimum Gasteiger partial charge on any atom is -0.387 e. The number of ether oxygens (including phenoxy) is 1. The van der Waals surface area contributed by atoms with Crippen molar-refractivity contribution < 1.29 is 24.9 Å². The van der Waals surface area contributed by atoms with E-state index < -0.39 is 36.0 Å². The van der Waals surface area contributed by atoms with E-state index in [9.17, 15) is 20.1 Å². The number of nitrogen functional groups attached to an aromatic ring is 1. The van der Waals surface area contributed by atoms with Gasteiger partial charge in [0.1, 0.15) is 23.3 Å². The number of rotatable bonds is 3. The zero-order valence-corrected chi connectivity index (χ0v) is 20.8. The van der Waals surface area contributed by atoms with Gasteiger partial charge in [-0.1, -0.05) is 26.7 Å². The lowest BCUT2D eigenvalue weighted by Crippen LogP contribution is -2.43. The molecule has 6 N–H and O–H groups in total. The zero-order valence-electron chi connectivity index (χ0n) is 20.8. The number of aromatic nitrogens is 4. The van der Waals surface area contributed by atoms with E-state index in [1.165, 1.54) is 10.9 Å². The summed E-state index contributed by atoms with van der Waals surface area (Å²) in [7, 11) is 0. The van der Waals surface area contributed by atoms with Crippen LogP contribution in [0.4, 0.5) is 5.82 Å². The number of anilines is 1. The van der Waals surface area contributed by atoms with Crippen molar-refractivity contribution in [1.29, 1.82) is 0 Å². The molecule has 0 bridgehead atoms. The molecule has 1 aliphatic heterocycles. The first-order chi connectivity index (χ1) is 16.9. The summed E-state index contributed by atoms with van der Waals surface area (Å²) < 4.78 is 7.17. The first kappa shape index (κ1) is 24.9. The number of hydrogen-bond donors (Lipinski definition) is 5. The lowest BCUT2D eigenvalue weighted by Gasteiger charge is -2.39. The van der Waals surface area contributed by atoms with Crippen molar-refractivity contribution in [1.82, 2.24) is 24.8 Å². The largest absolute Gasteiger partial charge is 0.387 e. The fourth-order valence-corrected chi connectivity index (χ4v) is 5.06. The van der Waals surface area contributed by atoms with Crippen LogP contribution in [0.2, 0.25) is 0 Å². The van der Waals surface area contributed by atoms with Crippen LogP contribution in [0.15, 0.2) is 6.33 Å². The van der Waals surface area contributed by atoms with E-state index in [1.807, 2.05) is 0 Å². The molecule has 0 spiro atoms. The van der Waals surface area contributed by atoms with Crippen LogP contribution in [0.3, 0.4) is 0 Å². The van der Waals surface area contributed by atoms with E-state index in [2.05, 4.69) is 52.9 Å². The highest BCUT2D eigenvalue weighted by atomic mass is 16.6. The molecule has 0 radical (unpaired) electrons. The second kappa shape index (κ2) is 8.95. The lowest BCUT2D eigenvalue weighted by molar-refractivity contribution is -0.137. The van der Waals surface area contributed by atoms with Crippen molar-refractivity contribution in [3.8, 4) is 11.8 Å². The van der Waals surface area contributed by atoms with Crippen LogP contribution in [0.5, 0.6) is 0 Å². The van der Waals surface area contributed by atoms with Gasteiger partial charge in [0.05, 0.1) is 6.33 Å². The van der Waals surface area contributed by atoms with Crippen LogP contribution in [0.25, 0.3) is 11.2 Å². The Morgan fingerprint density at radius 1 is 1.19 bits per heavy atom.